The van der Waals surface area contributed by atoms with Crippen molar-refractivity contribution in [2.75, 3.05) is 4.72 Å². The van der Waals surface area contributed by atoms with E-state index in [1.54, 1.807) is 0 Å². The van der Waals surface area contributed by atoms with Gasteiger partial charge in [0.2, 0.25) is 5.91 Å². The summed E-state index contributed by atoms with van der Waals surface area (Å²) in [6, 6.07) is 9.35. The first-order chi connectivity index (χ1) is 10.7. The number of carbonyl (C=O) groups excluding carboxylic acids is 1. The van der Waals surface area contributed by atoms with E-state index >= 15 is 0 Å². The van der Waals surface area contributed by atoms with Gasteiger partial charge in [0, 0.05) is 11.6 Å². The lowest BCUT2D eigenvalue weighted by Gasteiger charge is -2.12. The summed E-state index contributed by atoms with van der Waals surface area (Å²) >= 11 is 0. The number of nitrogens with zero attached hydrogens (tertiary/aromatic N) is 1. The van der Waals surface area contributed by atoms with Gasteiger partial charge in [0.15, 0.2) is 4.90 Å². The van der Waals surface area contributed by atoms with Crippen LogP contribution in [0.4, 0.5) is 11.4 Å². The third-order valence-electron chi connectivity index (χ3n) is 3.20. The van der Waals surface area contributed by atoms with E-state index in [4.69, 9.17) is 5.73 Å². The van der Waals surface area contributed by atoms with Crippen molar-refractivity contribution in [1.82, 2.24) is 0 Å². The first kappa shape index (κ1) is 16.4. The van der Waals surface area contributed by atoms with Crippen LogP contribution in [0.15, 0.2) is 47.4 Å². The van der Waals surface area contributed by atoms with Gasteiger partial charge in [-0.1, -0.05) is 18.2 Å². The van der Waals surface area contributed by atoms with Crippen LogP contribution < -0.4 is 10.5 Å². The number of nitro benzene ring substituents is 1. The Morgan fingerprint density at radius 3 is 2.43 bits per heavy atom. The van der Waals surface area contributed by atoms with E-state index in [1.807, 2.05) is 0 Å². The van der Waals surface area contributed by atoms with Crippen LogP contribution in [-0.2, 0) is 10.0 Å². The molecule has 0 bridgehead atoms. The van der Waals surface area contributed by atoms with Crippen molar-refractivity contribution >= 4 is 27.3 Å². The van der Waals surface area contributed by atoms with E-state index in [9.17, 15) is 23.3 Å². The van der Waals surface area contributed by atoms with Crippen molar-refractivity contribution < 1.29 is 18.1 Å². The third kappa shape index (κ3) is 3.29. The number of carbonyl (C=O) groups is 1. The second kappa shape index (κ2) is 6.05. The van der Waals surface area contributed by atoms with E-state index in [-0.39, 0.29) is 11.3 Å². The Labute approximate surface area is 132 Å². The first-order valence-electron chi connectivity index (χ1n) is 6.39. The Kier molecular flexibility index (Phi) is 4.32. The average Bonchev–Trinajstić information content (AvgIpc) is 2.49. The first-order valence-corrected chi connectivity index (χ1v) is 7.88. The maximum absolute atomic E-state index is 12.4. The molecular weight excluding hydrogens is 322 g/mol. The van der Waals surface area contributed by atoms with Crippen molar-refractivity contribution in [1.29, 1.82) is 0 Å². The molecule has 0 fully saturated rings. The summed E-state index contributed by atoms with van der Waals surface area (Å²) in [6.07, 6.45) is 0. The molecule has 0 aliphatic carbocycles. The summed E-state index contributed by atoms with van der Waals surface area (Å²) in [6.45, 7) is 1.53. The lowest BCUT2D eigenvalue weighted by atomic mass is 10.1. The normalized spacial score (nSPS) is 11.0. The smallest absolute Gasteiger partial charge is 0.289 e. The number of nitrogens with one attached hydrogen (secondary N) is 1. The predicted molar refractivity (Wildman–Crippen MR) is 83.6 cm³/mol. The molecule has 0 saturated carbocycles. The number of anilines is 1. The van der Waals surface area contributed by atoms with Crippen molar-refractivity contribution in [3.63, 3.8) is 0 Å². The second-order valence-electron chi connectivity index (χ2n) is 4.67. The molecule has 0 aliphatic rings. The number of primary amides is 1. The maximum Gasteiger partial charge on any atom is 0.289 e. The van der Waals surface area contributed by atoms with Gasteiger partial charge in [0.05, 0.1) is 10.6 Å². The fourth-order valence-electron chi connectivity index (χ4n) is 2.05. The van der Waals surface area contributed by atoms with Crippen LogP contribution in [0.3, 0.4) is 0 Å². The summed E-state index contributed by atoms with van der Waals surface area (Å²) in [5.41, 5.74) is 5.30. The molecule has 2 aromatic rings. The molecule has 0 radical (unpaired) electrons. The zero-order valence-electron chi connectivity index (χ0n) is 12.0. The number of hydrogen-bond acceptors (Lipinski definition) is 5. The van der Waals surface area contributed by atoms with Crippen LogP contribution in [0.5, 0.6) is 0 Å². The number of para-hydroxylation sites is 1. The minimum atomic E-state index is -4.20. The molecule has 0 aliphatic heterocycles. The molecular formula is C14H13N3O5S. The lowest BCUT2D eigenvalue weighted by molar-refractivity contribution is -0.387. The van der Waals surface area contributed by atoms with Crippen LogP contribution in [0.2, 0.25) is 0 Å². The van der Waals surface area contributed by atoms with Gasteiger partial charge in [-0.25, -0.2) is 8.42 Å². The van der Waals surface area contributed by atoms with E-state index in [0.717, 1.165) is 12.1 Å². The Balaban J connectivity index is 2.50. The maximum atomic E-state index is 12.4. The van der Waals surface area contributed by atoms with Crippen molar-refractivity contribution in [2.24, 2.45) is 5.73 Å². The van der Waals surface area contributed by atoms with E-state index < -0.39 is 31.4 Å². The molecule has 1 amide bonds. The molecule has 9 heteroatoms. The molecule has 23 heavy (non-hydrogen) atoms. The van der Waals surface area contributed by atoms with Crippen LogP contribution >= 0.6 is 0 Å². The molecule has 0 unspecified atom stereocenters. The number of benzene rings is 2. The van der Waals surface area contributed by atoms with Gasteiger partial charge in [0.1, 0.15) is 0 Å². The zero-order chi connectivity index (χ0) is 17.2. The van der Waals surface area contributed by atoms with Gasteiger partial charge in [-0.3, -0.25) is 19.6 Å². The quantitative estimate of drug-likeness (QED) is 0.635. The van der Waals surface area contributed by atoms with Crippen LogP contribution in [0.25, 0.3) is 0 Å². The van der Waals surface area contributed by atoms with Gasteiger partial charge in [-0.05, 0) is 30.7 Å². The van der Waals surface area contributed by atoms with Crippen LogP contribution in [0.1, 0.15) is 15.9 Å². The molecule has 0 saturated heterocycles. The van der Waals surface area contributed by atoms with Crippen LogP contribution in [-0.4, -0.2) is 19.2 Å². The number of nitro groups is 1. The predicted octanol–water partition coefficient (Wildman–Crippen LogP) is 1.80. The van der Waals surface area contributed by atoms with Crippen LogP contribution in [0, 0.1) is 17.0 Å². The molecule has 120 valence electrons. The zero-order valence-corrected chi connectivity index (χ0v) is 12.8. The summed E-state index contributed by atoms with van der Waals surface area (Å²) < 4.78 is 27.1. The van der Waals surface area contributed by atoms with E-state index in [2.05, 4.69) is 4.72 Å². The van der Waals surface area contributed by atoms with Gasteiger partial charge in [-0.2, -0.15) is 0 Å². The molecule has 2 aromatic carbocycles. The van der Waals surface area contributed by atoms with Crippen molar-refractivity contribution in [3.8, 4) is 0 Å². The topological polar surface area (TPSA) is 132 Å². The monoisotopic (exact) mass is 335 g/mol. The molecule has 0 spiro atoms. The highest BCUT2D eigenvalue weighted by Gasteiger charge is 2.26. The Bertz CT molecular complexity index is 893. The Hall–Kier alpha value is -2.94. The second-order valence-corrected chi connectivity index (χ2v) is 6.32. The highest BCUT2D eigenvalue weighted by Crippen LogP contribution is 2.27. The minimum Gasteiger partial charge on any atom is -0.366 e. The average molecular weight is 335 g/mol. The van der Waals surface area contributed by atoms with Gasteiger partial charge < -0.3 is 5.73 Å². The standard InChI is InChI=1S/C14H13N3O5S/c1-9-10(14(15)18)5-4-6-11(9)16-23(21,22)13-8-3-2-7-12(13)17(19)20/h2-8,16H,1H3,(H2,15,18). The molecule has 8 nitrogen and oxygen atoms in total. The molecule has 2 rings (SSSR count). The third-order valence-corrected chi connectivity index (χ3v) is 4.61. The fraction of sp³-hybridized carbons (Fsp3) is 0.0714. The van der Waals surface area contributed by atoms with Gasteiger partial charge >= 0.3 is 0 Å². The van der Waals surface area contributed by atoms with Gasteiger partial charge in [-0.15, -0.1) is 0 Å². The van der Waals surface area contributed by atoms with Crippen molar-refractivity contribution in [3.05, 3.63) is 63.7 Å². The number of amides is 1. The molecule has 0 atom stereocenters. The van der Waals surface area contributed by atoms with Crippen molar-refractivity contribution in [2.45, 2.75) is 11.8 Å². The fourth-order valence-corrected chi connectivity index (χ4v) is 3.34. The number of rotatable bonds is 5. The Morgan fingerprint density at radius 2 is 1.83 bits per heavy atom. The Morgan fingerprint density at radius 1 is 1.17 bits per heavy atom. The molecule has 3 N–H and O–H groups in total. The highest BCUT2D eigenvalue weighted by molar-refractivity contribution is 7.92. The number of sulfonamides is 1. The summed E-state index contributed by atoms with van der Waals surface area (Å²) in [5.74, 6) is -0.700. The number of nitrogens with two attached hydrogens (primary N) is 1. The minimum absolute atomic E-state index is 0.124. The summed E-state index contributed by atoms with van der Waals surface area (Å²) in [5, 5.41) is 11.0. The van der Waals surface area contributed by atoms with Gasteiger partial charge in [0.25, 0.3) is 15.7 Å². The summed E-state index contributed by atoms with van der Waals surface area (Å²) in [7, 11) is -4.20. The largest absolute Gasteiger partial charge is 0.366 e. The lowest BCUT2D eigenvalue weighted by Crippen LogP contribution is -2.18. The SMILES string of the molecule is Cc1c(NS(=O)(=O)c2ccccc2[N+](=O)[O-])cccc1C(N)=O. The summed E-state index contributed by atoms with van der Waals surface area (Å²) in [4.78, 5) is 21.1. The molecule has 0 aromatic heterocycles. The molecule has 0 heterocycles. The van der Waals surface area contributed by atoms with E-state index in [0.29, 0.717) is 5.56 Å². The van der Waals surface area contributed by atoms with E-state index in [1.165, 1.54) is 37.3 Å². The highest BCUT2D eigenvalue weighted by atomic mass is 32.2. The number of hydrogen-bond donors (Lipinski definition) is 2.